The van der Waals surface area contributed by atoms with Gasteiger partial charge in [-0.2, -0.15) is 5.26 Å². The normalized spacial score (nSPS) is 14.0. The lowest BCUT2D eigenvalue weighted by Gasteiger charge is -2.27. The first-order valence-corrected chi connectivity index (χ1v) is 12.4. The van der Waals surface area contributed by atoms with Crippen LogP contribution in [-0.2, 0) is 4.79 Å². The fourth-order valence-electron chi connectivity index (χ4n) is 4.27. The molecule has 9 heteroatoms. The highest BCUT2D eigenvalue weighted by molar-refractivity contribution is 6.32. The Kier molecular flexibility index (Phi) is 8.33. The number of nitrogens with zero attached hydrogens (tertiary/aromatic N) is 1. The van der Waals surface area contributed by atoms with Crippen LogP contribution in [0.2, 0.25) is 5.02 Å². The van der Waals surface area contributed by atoms with Gasteiger partial charge in [0.2, 0.25) is 5.88 Å². The standard InChI is InChI=1S/C30H27ClN2O6/c1-5-10-36-24-9-6-19(13-26(24)35-4)28-22-8-7-20(14-25(22)39-30(33)23(28)15-32)38-27(34)16-37-21-11-17(2)29(31)18(3)12-21/h5-9,11-14,28H,1,10,16,33H2,2-4H3. The van der Waals surface area contributed by atoms with E-state index >= 15 is 0 Å². The third-order valence-corrected chi connectivity index (χ3v) is 6.66. The smallest absolute Gasteiger partial charge is 0.349 e. The molecular weight excluding hydrogens is 520 g/mol. The molecule has 1 heterocycles. The monoisotopic (exact) mass is 546 g/mol. The molecule has 0 aliphatic carbocycles. The molecule has 0 saturated carbocycles. The van der Waals surface area contributed by atoms with Gasteiger partial charge in [0.25, 0.3) is 0 Å². The lowest BCUT2D eigenvalue weighted by atomic mass is 9.83. The highest BCUT2D eigenvalue weighted by Gasteiger charge is 2.31. The van der Waals surface area contributed by atoms with Crippen molar-refractivity contribution in [3.63, 3.8) is 0 Å². The predicted octanol–water partition coefficient (Wildman–Crippen LogP) is 5.73. The van der Waals surface area contributed by atoms with Gasteiger partial charge in [-0.15, -0.1) is 0 Å². The minimum absolute atomic E-state index is 0.0405. The Balaban J connectivity index is 1.56. The number of ether oxygens (including phenoxy) is 5. The van der Waals surface area contributed by atoms with Gasteiger partial charge in [-0.25, -0.2) is 4.79 Å². The van der Waals surface area contributed by atoms with Gasteiger partial charge < -0.3 is 29.4 Å². The van der Waals surface area contributed by atoms with Crippen LogP contribution < -0.4 is 29.4 Å². The molecule has 4 rings (SSSR count). The van der Waals surface area contributed by atoms with Crippen LogP contribution in [0.15, 0.2) is 72.6 Å². The number of fused-ring (bicyclic) bond motifs is 1. The average Bonchev–Trinajstić information content (AvgIpc) is 2.92. The summed E-state index contributed by atoms with van der Waals surface area (Å²) >= 11 is 6.19. The Labute approximate surface area is 231 Å². The first kappa shape index (κ1) is 27.4. The molecule has 39 heavy (non-hydrogen) atoms. The lowest BCUT2D eigenvalue weighted by Crippen LogP contribution is -2.22. The maximum absolute atomic E-state index is 12.5. The molecule has 1 atom stereocenters. The zero-order valence-corrected chi connectivity index (χ0v) is 22.5. The number of hydrogen-bond donors (Lipinski definition) is 1. The van der Waals surface area contributed by atoms with Gasteiger partial charge in [0.15, 0.2) is 18.1 Å². The summed E-state index contributed by atoms with van der Waals surface area (Å²) in [6.07, 6.45) is 1.63. The Morgan fingerprint density at radius 1 is 1.10 bits per heavy atom. The molecule has 200 valence electrons. The Bertz CT molecular complexity index is 1480. The first-order chi connectivity index (χ1) is 18.7. The summed E-state index contributed by atoms with van der Waals surface area (Å²) in [6.45, 7) is 7.39. The van der Waals surface area contributed by atoms with E-state index in [1.165, 1.54) is 7.11 Å². The third-order valence-electron chi connectivity index (χ3n) is 6.07. The summed E-state index contributed by atoms with van der Waals surface area (Å²) in [5.41, 5.74) is 9.48. The SMILES string of the molecule is C=CCOc1ccc(C2C(C#N)=C(N)Oc3cc(OC(=O)COc4cc(C)c(Cl)c(C)c4)ccc32)cc1OC. The Hall–Kier alpha value is -4.61. The number of esters is 1. The summed E-state index contributed by atoms with van der Waals surface area (Å²) in [5.74, 6) is 0.968. The molecule has 0 fully saturated rings. The van der Waals surface area contributed by atoms with Crippen LogP contribution in [0.5, 0.6) is 28.7 Å². The van der Waals surface area contributed by atoms with Crippen LogP contribution in [0.25, 0.3) is 0 Å². The minimum atomic E-state index is -0.603. The van der Waals surface area contributed by atoms with Gasteiger partial charge in [0.05, 0.1) is 13.0 Å². The van der Waals surface area contributed by atoms with E-state index in [1.807, 2.05) is 19.9 Å². The molecule has 1 aliphatic rings. The van der Waals surface area contributed by atoms with Crippen LogP contribution in [-0.4, -0.2) is 26.3 Å². The quantitative estimate of drug-likeness (QED) is 0.205. The van der Waals surface area contributed by atoms with E-state index in [0.717, 1.165) is 16.7 Å². The van der Waals surface area contributed by atoms with Crippen molar-refractivity contribution in [3.8, 4) is 34.8 Å². The molecule has 3 aromatic rings. The van der Waals surface area contributed by atoms with Crippen molar-refractivity contribution in [2.45, 2.75) is 19.8 Å². The van der Waals surface area contributed by atoms with Crippen molar-refractivity contribution in [1.29, 1.82) is 5.26 Å². The third kappa shape index (κ3) is 5.95. The molecule has 8 nitrogen and oxygen atoms in total. The zero-order valence-electron chi connectivity index (χ0n) is 21.7. The largest absolute Gasteiger partial charge is 0.493 e. The maximum Gasteiger partial charge on any atom is 0.349 e. The summed E-state index contributed by atoms with van der Waals surface area (Å²) < 4.78 is 27.9. The topological polar surface area (TPSA) is 113 Å². The molecule has 0 radical (unpaired) electrons. The van der Waals surface area contributed by atoms with Crippen LogP contribution in [0.1, 0.15) is 28.2 Å². The zero-order chi connectivity index (χ0) is 28.1. The molecule has 0 saturated heterocycles. The van der Waals surface area contributed by atoms with Gasteiger partial charge in [0.1, 0.15) is 35.5 Å². The molecular formula is C30H27ClN2O6. The van der Waals surface area contributed by atoms with Gasteiger partial charge in [-0.05, 0) is 60.9 Å². The van der Waals surface area contributed by atoms with Crippen LogP contribution in [0.3, 0.4) is 0 Å². The lowest BCUT2D eigenvalue weighted by molar-refractivity contribution is -0.136. The minimum Gasteiger partial charge on any atom is -0.493 e. The van der Waals surface area contributed by atoms with Crippen molar-refractivity contribution in [2.75, 3.05) is 20.3 Å². The summed E-state index contributed by atoms with van der Waals surface area (Å²) in [6, 6.07) is 15.9. The number of allylic oxidation sites excluding steroid dienone is 1. The molecule has 0 amide bonds. The van der Waals surface area contributed by atoms with Crippen molar-refractivity contribution >= 4 is 17.6 Å². The number of methoxy groups -OCH3 is 1. The van der Waals surface area contributed by atoms with Gasteiger partial charge >= 0.3 is 5.97 Å². The average molecular weight is 547 g/mol. The van der Waals surface area contributed by atoms with Gasteiger partial charge in [-0.1, -0.05) is 36.4 Å². The second-order valence-electron chi connectivity index (χ2n) is 8.77. The second-order valence-corrected chi connectivity index (χ2v) is 9.15. The van der Waals surface area contributed by atoms with Gasteiger partial charge in [-0.3, -0.25) is 0 Å². The van der Waals surface area contributed by atoms with Crippen molar-refractivity contribution in [3.05, 3.63) is 99.9 Å². The number of nitrogens with two attached hydrogens (primary N) is 1. The van der Waals surface area contributed by atoms with Crippen molar-refractivity contribution < 1.29 is 28.5 Å². The summed E-state index contributed by atoms with van der Waals surface area (Å²) in [4.78, 5) is 12.5. The van der Waals surface area contributed by atoms with E-state index in [0.29, 0.717) is 40.2 Å². The number of nitriles is 1. The van der Waals surface area contributed by atoms with Crippen molar-refractivity contribution in [1.82, 2.24) is 0 Å². The Morgan fingerprint density at radius 2 is 1.85 bits per heavy atom. The number of carbonyl (C=O) groups excluding carboxylic acids is 1. The fourth-order valence-corrected chi connectivity index (χ4v) is 4.38. The molecule has 3 aromatic carbocycles. The van der Waals surface area contributed by atoms with E-state index in [1.54, 1.807) is 48.5 Å². The van der Waals surface area contributed by atoms with Crippen LogP contribution in [0, 0.1) is 25.2 Å². The van der Waals surface area contributed by atoms with Crippen molar-refractivity contribution in [2.24, 2.45) is 5.73 Å². The summed E-state index contributed by atoms with van der Waals surface area (Å²) in [5, 5.41) is 10.5. The molecule has 2 N–H and O–H groups in total. The predicted molar refractivity (Wildman–Crippen MR) is 146 cm³/mol. The van der Waals surface area contributed by atoms with E-state index in [2.05, 4.69) is 12.6 Å². The highest BCUT2D eigenvalue weighted by atomic mass is 35.5. The van der Waals surface area contributed by atoms with Gasteiger partial charge in [0, 0.05) is 16.7 Å². The first-order valence-electron chi connectivity index (χ1n) is 12.0. The Morgan fingerprint density at radius 3 is 2.51 bits per heavy atom. The highest BCUT2D eigenvalue weighted by Crippen LogP contribution is 2.45. The number of carbonyl (C=O) groups is 1. The number of aryl methyl sites for hydroxylation is 2. The molecule has 0 spiro atoms. The van der Waals surface area contributed by atoms with E-state index in [-0.39, 0.29) is 23.8 Å². The fraction of sp³-hybridized carbons (Fsp3) is 0.200. The van der Waals surface area contributed by atoms with E-state index < -0.39 is 11.9 Å². The van der Waals surface area contributed by atoms with Crippen LogP contribution >= 0.6 is 11.6 Å². The number of halogens is 1. The maximum atomic E-state index is 12.5. The number of rotatable bonds is 9. The summed E-state index contributed by atoms with van der Waals surface area (Å²) in [7, 11) is 1.53. The number of benzene rings is 3. The molecule has 1 aliphatic heterocycles. The molecule has 0 bridgehead atoms. The molecule has 0 aromatic heterocycles. The van der Waals surface area contributed by atoms with E-state index in [9.17, 15) is 10.1 Å². The van der Waals surface area contributed by atoms with E-state index in [4.69, 9.17) is 41.0 Å². The molecule has 1 unspecified atom stereocenters. The second kappa shape index (κ2) is 11.8. The number of hydrogen-bond acceptors (Lipinski definition) is 8. The van der Waals surface area contributed by atoms with Crippen LogP contribution in [0.4, 0.5) is 0 Å².